The van der Waals surface area contributed by atoms with Gasteiger partial charge in [0.15, 0.2) is 5.13 Å². The molecule has 0 saturated carbocycles. The second-order valence-corrected chi connectivity index (χ2v) is 6.65. The summed E-state index contributed by atoms with van der Waals surface area (Å²) in [6, 6.07) is 10.2. The highest BCUT2D eigenvalue weighted by Gasteiger charge is 2.17. The van der Waals surface area contributed by atoms with Crippen molar-refractivity contribution in [1.29, 1.82) is 0 Å². The minimum atomic E-state index is -0.661. The van der Waals surface area contributed by atoms with Gasteiger partial charge in [-0.2, -0.15) is 0 Å². The SMILES string of the molecule is Cc1ccc(-c2csc(NC(=O)c3c(F)cccc3Cl)n2)cc1C. The van der Waals surface area contributed by atoms with Crippen molar-refractivity contribution in [2.75, 3.05) is 5.32 Å². The molecule has 24 heavy (non-hydrogen) atoms. The summed E-state index contributed by atoms with van der Waals surface area (Å²) in [5, 5.41) is 4.91. The molecule has 1 aromatic heterocycles. The average molecular weight is 361 g/mol. The lowest BCUT2D eigenvalue weighted by Crippen LogP contribution is -2.14. The Balaban J connectivity index is 1.83. The van der Waals surface area contributed by atoms with E-state index in [0.29, 0.717) is 5.13 Å². The first kappa shape index (κ1) is 16.6. The fourth-order valence-electron chi connectivity index (χ4n) is 2.24. The van der Waals surface area contributed by atoms with Gasteiger partial charge in [-0.1, -0.05) is 29.8 Å². The Morgan fingerprint density at radius 1 is 1.21 bits per heavy atom. The number of nitrogens with zero attached hydrogens (tertiary/aromatic N) is 1. The maximum absolute atomic E-state index is 13.8. The predicted octanol–water partition coefficient (Wildman–Crippen LogP) is 5.47. The van der Waals surface area contributed by atoms with Crippen LogP contribution in [-0.2, 0) is 0 Å². The van der Waals surface area contributed by atoms with Gasteiger partial charge in [0.05, 0.1) is 16.3 Å². The molecule has 0 aliphatic heterocycles. The zero-order valence-electron chi connectivity index (χ0n) is 13.1. The van der Waals surface area contributed by atoms with E-state index in [9.17, 15) is 9.18 Å². The summed E-state index contributed by atoms with van der Waals surface area (Å²) in [6.07, 6.45) is 0. The quantitative estimate of drug-likeness (QED) is 0.672. The Hall–Kier alpha value is -2.24. The number of carbonyl (C=O) groups is 1. The van der Waals surface area contributed by atoms with Crippen molar-refractivity contribution in [3.63, 3.8) is 0 Å². The molecule has 0 saturated heterocycles. The van der Waals surface area contributed by atoms with E-state index in [4.69, 9.17) is 11.6 Å². The monoisotopic (exact) mass is 360 g/mol. The molecule has 0 radical (unpaired) electrons. The average Bonchev–Trinajstić information content (AvgIpc) is 2.98. The van der Waals surface area contributed by atoms with E-state index in [-0.39, 0.29) is 10.6 Å². The first-order valence-corrected chi connectivity index (χ1v) is 8.50. The maximum Gasteiger partial charge on any atom is 0.261 e. The third-order valence-corrected chi connectivity index (χ3v) is 4.79. The van der Waals surface area contributed by atoms with Gasteiger partial charge in [0.25, 0.3) is 5.91 Å². The summed E-state index contributed by atoms with van der Waals surface area (Å²) in [4.78, 5) is 16.6. The number of nitrogens with one attached hydrogen (secondary N) is 1. The van der Waals surface area contributed by atoms with Gasteiger partial charge in [0.1, 0.15) is 5.82 Å². The number of aromatic nitrogens is 1. The number of benzene rings is 2. The number of halogens is 2. The molecule has 0 unspecified atom stereocenters. The Morgan fingerprint density at radius 2 is 2.00 bits per heavy atom. The normalized spacial score (nSPS) is 10.7. The lowest BCUT2D eigenvalue weighted by molar-refractivity contribution is 0.102. The fourth-order valence-corrected chi connectivity index (χ4v) is 3.20. The fraction of sp³-hybridized carbons (Fsp3) is 0.111. The molecule has 3 nitrogen and oxygen atoms in total. The Kier molecular flexibility index (Phi) is 4.64. The van der Waals surface area contributed by atoms with Gasteiger partial charge < -0.3 is 0 Å². The van der Waals surface area contributed by atoms with Crippen molar-refractivity contribution in [3.05, 3.63) is 69.3 Å². The first-order chi connectivity index (χ1) is 11.5. The lowest BCUT2D eigenvalue weighted by Gasteiger charge is -2.05. The molecule has 1 heterocycles. The van der Waals surface area contributed by atoms with E-state index in [0.717, 1.165) is 11.3 Å². The van der Waals surface area contributed by atoms with Gasteiger partial charge >= 0.3 is 0 Å². The molecular weight excluding hydrogens is 347 g/mol. The van der Waals surface area contributed by atoms with Crippen molar-refractivity contribution in [1.82, 2.24) is 4.98 Å². The summed E-state index contributed by atoms with van der Waals surface area (Å²) >= 11 is 7.19. The number of hydrogen-bond acceptors (Lipinski definition) is 3. The molecule has 0 bridgehead atoms. The molecular formula is C18H14ClFN2OS. The van der Waals surface area contributed by atoms with Crippen LogP contribution in [-0.4, -0.2) is 10.9 Å². The molecule has 3 rings (SSSR count). The Bertz CT molecular complexity index is 903. The highest BCUT2D eigenvalue weighted by Crippen LogP contribution is 2.27. The number of rotatable bonds is 3. The largest absolute Gasteiger partial charge is 0.298 e. The van der Waals surface area contributed by atoms with Gasteiger partial charge in [0, 0.05) is 10.9 Å². The van der Waals surface area contributed by atoms with E-state index in [1.807, 2.05) is 37.4 Å². The molecule has 1 amide bonds. The zero-order valence-corrected chi connectivity index (χ0v) is 14.6. The van der Waals surface area contributed by atoms with Crippen LogP contribution in [0.1, 0.15) is 21.5 Å². The summed E-state index contributed by atoms with van der Waals surface area (Å²) in [5.41, 5.74) is 3.93. The van der Waals surface area contributed by atoms with Crippen LogP contribution in [0, 0.1) is 19.7 Å². The second kappa shape index (κ2) is 6.71. The number of hydrogen-bond donors (Lipinski definition) is 1. The van der Waals surface area contributed by atoms with Gasteiger partial charge in [-0.15, -0.1) is 11.3 Å². The number of thiazole rings is 1. The summed E-state index contributed by atoms with van der Waals surface area (Å²) < 4.78 is 13.8. The lowest BCUT2D eigenvalue weighted by atomic mass is 10.1. The topological polar surface area (TPSA) is 42.0 Å². The van der Waals surface area contributed by atoms with Crippen LogP contribution >= 0.6 is 22.9 Å². The number of aryl methyl sites for hydroxylation is 2. The number of amides is 1. The van der Waals surface area contributed by atoms with Crippen LogP contribution in [0.3, 0.4) is 0 Å². The molecule has 0 aliphatic rings. The van der Waals surface area contributed by atoms with Crippen molar-refractivity contribution in [2.45, 2.75) is 13.8 Å². The van der Waals surface area contributed by atoms with Gasteiger partial charge in [-0.25, -0.2) is 9.37 Å². The summed E-state index contributed by atoms with van der Waals surface area (Å²) in [5.74, 6) is -1.27. The molecule has 1 N–H and O–H groups in total. The smallest absolute Gasteiger partial charge is 0.261 e. The number of carbonyl (C=O) groups excluding carboxylic acids is 1. The molecule has 0 fully saturated rings. The van der Waals surface area contributed by atoms with Crippen molar-refractivity contribution in [2.24, 2.45) is 0 Å². The first-order valence-electron chi connectivity index (χ1n) is 7.24. The Morgan fingerprint density at radius 3 is 2.71 bits per heavy atom. The van der Waals surface area contributed by atoms with Crippen molar-refractivity contribution >= 4 is 34.0 Å². The molecule has 3 aromatic rings. The molecule has 122 valence electrons. The molecule has 6 heteroatoms. The maximum atomic E-state index is 13.8. The standard InChI is InChI=1S/C18H14ClFN2OS/c1-10-6-7-12(8-11(10)2)15-9-24-18(21-15)22-17(23)16-13(19)4-3-5-14(16)20/h3-9H,1-2H3,(H,21,22,23). The van der Waals surface area contributed by atoms with Crippen molar-refractivity contribution in [3.8, 4) is 11.3 Å². The highest BCUT2D eigenvalue weighted by molar-refractivity contribution is 7.14. The Labute approximate surface area is 148 Å². The van der Waals surface area contributed by atoms with Crippen LogP contribution in [0.25, 0.3) is 11.3 Å². The summed E-state index contributed by atoms with van der Waals surface area (Å²) in [6.45, 7) is 4.08. The highest BCUT2D eigenvalue weighted by atomic mass is 35.5. The predicted molar refractivity (Wildman–Crippen MR) is 96.4 cm³/mol. The van der Waals surface area contributed by atoms with Crippen LogP contribution in [0.4, 0.5) is 9.52 Å². The minimum Gasteiger partial charge on any atom is -0.298 e. The van der Waals surface area contributed by atoms with E-state index in [1.54, 1.807) is 0 Å². The van der Waals surface area contributed by atoms with Gasteiger partial charge in [-0.3, -0.25) is 10.1 Å². The van der Waals surface area contributed by atoms with Crippen LogP contribution in [0.15, 0.2) is 41.8 Å². The van der Waals surface area contributed by atoms with Crippen LogP contribution < -0.4 is 5.32 Å². The third kappa shape index (κ3) is 3.32. The minimum absolute atomic E-state index is 0.0680. The second-order valence-electron chi connectivity index (χ2n) is 5.39. The van der Waals surface area contributed by atoms with Gasteiger partial charge in [-0.05, 0) is 43.2 Å². The molecule has 0 atom stereocenters. The van der Waals surface area contributed by atoms with E-state index < -0.39 is 11.7 Å². The van der Waals surface area contributed by atoms with E-state index in [1.165, 1.54) is 40.7 Å². The zero-order chi connectivity index (χ0) is 17.3. The third-order valence-electron chi connectivity index (χ3n) is 3.72. The van der Waals surface area contributed by atoms with E-state index in [2.05, 4.69) is 10.3 Å². The van der Waals surface area contributed by atoms with Crippen LogP contribution in [0.2, 0.25) is 5.02 Å². The molecule has 0 spiro atoms. The number of anilines is 1. The summed E-state index contributed by atoms with van der Waals surface area (Å²) in [7, 11) is 0. The van der Waals surface area contributed by atoms with Crippen LogP contribution in [0.5, 0.6) is 0 Å². The molecule has 0 aliphatic carbocycles. The van der Waals surface area contributed by atoms with E-state index >= 15 is 0 Å². The van der Waals surface area contributed by atoms with Gasteiger partial charge in [0.2, 0.25) is 0 Å². The van der Waals surface area contributed by atoms with Crippen molar-refractivity contribution < 1.29 is 9.18 Å². The molecule has 2 aromatic carbocycles.